The van der Waals surface area contributed by atoms with E-state index in [1.807, 2.05) is 66.4 Å². The van der Waals surface area contributed by atoms with Crippen LogP contribution in [-0.4, -0.2) is 26.8 Å². The number of hydrogen-bond acceptors (Lipinski definition) is 4. The van der Waals surface area contributed by atoms with Crippen LogP contribution < -0.4 is 4.74 Å². The first-order valence-corrected chi connectivity index (χ1v) is 9.58. The van der Waals surface area contributed by atoms with Crippen molar-refractivity contribution in [3.63, 3.8) is 0 Å². The standard InChI is InChI=1S/C23H23N3O2/c1-17(22-9-2-3-13-25-22)26(20-10-11-20)23(27)19-7-4-8-21(14-19)28-16-18-6-5-12-24-15-18/h2-9,12-15,17,20H,10-11,16H2,1H3/t17-/m1/s1. The lowest BCUT2D eigenvalue weighted by molar-refractivity contribution is 0.0669. The number of amides is 1. The first kappa shape index (κ1) is 18.2. The summed E-state index contributed by atoms with van der Waals surface area (Å²) in [5, 5.41) is 0. The molecule has 1 fully saturated rings. The summed E-state index contributed by atoms with van der Waals surface area (Å²) in [6.45, 7) is 2.46. The normalized spacial score (nSPS) is 14.3. The molecule has 1 aliphatic carbocycles. The van der Waals surface area contributed by atoms with E-state index in [1.54, 1.807) is 18.6 Å². The molecule has 4 rings (SSSR count). The summed E-state index contributed by atoms with van der Waals surface area (Å²) in [5.41, 5.74) is 2.53. The highest BCUT2D eigenvalue weighted by Crippen LogP contribution is 2.35. The number of aromatic nitrogens is 2. The number of pyridine rings is 2. The zero-order chi connectivity index (χ0) is 19.3. The van der Waals surface area contributed by atoms with Crippen LogP contribution in [0.3, 0.4) is 0 Å². The van der Waals surface area contributed by atoms with Gasteiger partial charge in [-0.15, -0.1) is 0 Å². The highest BCUT2D eigenvalue weighted by atomic mass is 16.5. The summed E-state index contributed by atoms with van der Waals surface area (Å²) in [7, 11) is 0. The molecule has 2 heterocycles. The van der Waals surface area contributed by atoms with Crippen LogP contribution >= 0.6 is 0 Å². The zero-order valence-corrected chi connectivity index (χ0v) is 15.9. The van der Waals surface area contributed by atoms with Gasteiger partial charge in [-0.1, -0.05) is 18.2 Å². The van der Waals surface area contributed by atoms with E-state index in [0.29, 0.717) is 17.9 Å². The maximum Gasteiger partial charge on any atom is 0.254 e. The van der Waals surface area contributed by atoms with Crippen molar-refractivity contribution in [1.82, 2.24) is 14.9 Å². The molecule has 0 bridgehead atoms. The number of benzene rings is 1. The van der Waals surface area contributed by atoms with Crippen LogP contribution in [0.15, 0.2) is 73.2 Å². The number of hydrogen-bond donors (Lipinski definition) is 0. The van der Waals surface area contributed by atoms with Gasteiger partial charge in [0.25, 0.3) is 5.91 Å². The first-order chi connectivity index (χ1) is 13.7. The van der Waals surface area contributed by atoms with Crippen LogP contribution in [0.25, 0.3) is 0 Å². The lowest BCUT2D eigenvalue weighted by Crippen LogP contribution is -2.35. The molecule has 0 unspecified atom stereocenters. The SMILES string of the molecule is C[C@H](c1ccccn1)N(C(=O)c1cccc(OCc2cccnc2)c1)C1CC1. The zero-order valence-electron chi connectivity index (χ0n) is 15.9. The Morgan fingerprint density at radius 2 is 2.04 bits per heavy atom. The van der Waals surface area contributed by atoms with Crippen LogP contribution in [0.2, 0.25) is 0 Å². The van der Waals surface area contributed by atoms with Gasteiger partial charge in [-0.25, -0.2) is 0 Å². The van der Waals surface area contributed by atoms with Crippen LogP contribution in [0, 0.1) is 0 Å². The molecule has 1 aliphatic rings. The highest BCUT2D eigenvalue weighted by molar-refractivity contribution is 5.95. The van der Waals surface area contributed by atoms with Gasteiger partial charge in [-0.3, -0.25) is 14.8 Å². The van der Waals surface area contributed by atoms with Crippen LogP contribution in [-0.2, 0) is 6.61 Å². The van der Waals surface area contributed by atoms with Crippen molar-refractivity contribution in [1.29, 1.82) is 0 Å². The van der Waals surface area contributed by atoms with Crippen molar-refractivity contribution < 1.29 is 9.53 Å². The maximum absolute atomic E-state index is 13.3. The Bertz CT molecular complexity index is 927. The minimum absolute atomic E-state index is 0.0208. The summed E-state index contributed by atoms with van der Waals surface area (Å²) >= 11 is 0. The molecule has 0 saturated heterocycles. The molecule has 5 nitrogen and oxygen atoms in total. The summed E-state index contributed by atoms with van der Waals surface area (Å²) in [5.74, 6) is 0.698. The van der Waals surface area contributed by atoms with Gasteiger partial charge in [0.05, 0.1) is 11.7 Å². The Balaban J connectivity index is 1.51. The molecule has 0 spiro atoms. The molecule has 0 radical (unpaired) electrons. The van der Waals surface area contributed by atoms with E-state index < -0.39 is 0 Å². The van der Waals surface area contributed by atoms with Crippen molar-refractivity contribution in [3.05, 3.63) is 90.0 Å². The van der Waals surface area contributed by atoms with Crippen LogP contribution in [0.1, 0.15) is 47.4 Å². The quantitative estimate of drug-likeness (QED) is 0.615. The number of ether oxygens (including phenoxy) is 1. The number of carbonyl (C=O) groups excluding carboxylic acids is 1. The van der Waals surface area contributed by atoms with E-state index in [2.05, 4.69) is 9.97 Å². The van der Waals surface area contributed by atoms with E-state index in [1.165, 1.54) is 0 Å². The summed E-state index contributed by atoms with van der Waals surface area (Å²) in [6, 6.07) is 17.3. The third-order valence-corrected chi connectivity index (χ3v) is 4.92. The fourth-order valence-corrected chi connectivity index (χ4v) is 3.29. The van der Waals surface area contributed by atoms with E-state index in [0.717, 1.165) is 24.1 Å². The van der Waals surface area contributed by atoms with Gasteiger partial charge in [0.15, 0.2) is 0 Å². The number of carbonyl (C=O) groups is 1. The smallest absolute Gasteiger partial charge is 0.254 e. The first-order valence-electron chi connectivity index (χ1n) is 9.58. The topological polar surface area (TPSA) is 55.3 Å². The predicted octanol–water partition coefficient (Wildman–Crippen LogP) is 4.42. The second-order valence-electron chi connectivity index (χ2n) is 7.05. The molecule has 142 valence electrons. The summed E-state index contributed by atoms with van der Waals surface area (Å²) in [6.07, 6.45) is 7.37. The van der Waals surface area contributed by atoms with Gasteiger partial charge in [0.2, 0.25) is 0 Å². The molecule has 1 amide bonds. The molecule has 3 aromatic rings. The lowest BCUT2D eigenvalue weighted by Gasteiger charge is -2.29. The van der Waals surface area contributed by atoms with Crippen molar-refractivity contribution in [3.8, 4) is 5.75 Å². The van der Waals surface area contributed by atoms with Crippen molar-refractivity contribution in [2.45, 2.75) is 38.5 Å². The van der Waals surface area contributed by atoms with E-state index in [-0.39, 0.29) is 18.0 Å². The van der Waals surface area contributed by atoms with E-state index in [9.17, 15) is 4.79 Å². The fourth-order valence-electron chi connectivity index (χ4n) is 3.29. The van der Waals surface area contributed by atoms with Gasteiger partial charge < -0.3 is 9.64 Å². The Kier molecular flexibility index (Phi) is 5.33. The average Bonchev–Trinajstić information content (AvgIpc) is 3.59. The lowest BCUT2D eigenvalue weighted by atomic mass is 10.1. The molecule has 1 saturated carbocycles. The largest absolute Gasteiger partial charge is 0.489 e. The van der Waals surface area contributed by atoms with Crippen molar-refractivity contribution >= 4 is 5.91 Å². The van der Waals surface area contributed by atoms with Crippen LogP contribution in [0.5, 0.6) is 5.75 Å². The Morgan fingerprint density at radius 1 is 1.14 bits per heavy atom. The average molecular weight is 373 g/mol. The molecular weight excluding hydrogens is 350 g/mol. The molecule has 5 heteroatoms. The Morgan fingerprint density at radius 3 is 2.75 bits per heavy atom. The second-order valence-corrected chi connectivity index (χ2v) is 7.05. The van der Waals surface area contributed by atoms with E-state index in [4.69, 9.17) is 4.74 Å². The van der Waals surface area contributed by atoms with Gasteiger partial charge in [-0.05, 0) is 56.2 Å². The molecule has 0 N–H and O–H groups in total. The summed E-state index contributed by atoms with van der Waals surface area (Å²) < 4.78 is 5.86. The van der Waals surface area contributed by atoms with Crippen molar-refractivity contribution in [2.75, 3.05) is 0 Å². The third-order valence-electron chi connectivity index (χ3n) is 4.92. The number of rotatable bonds is 7. The molecule has 1 aromatic carbocycles. The number of nitrogens with zero attached hydrogens (tertiary/aromatic N) is 3. The second kappa shape index (κ2) is 8.21. The molecule has 1 atom stereocenters. The van der Waals surface area contributed by atoms with Gasteiger partial charge in [0, 0.05) is 35.8 Å². The van der Waals surface area contributed by atoms with Gasteiger partial charge in [0.1, 0.15) is 12.4 Å². The predicted molar refractivity (Wildman–Crippen MR) is 107 cm³/mol. The minimum Gasteiger partial charge on any atom is -0.489 e. The summed E-state index contributed by atoms with van der Waals surface area (Å²) in [4.78, 5) is 23.8. The Labute approximate surface area is 165 Å². The third kappa shape index (κ3) is 4.19. The molecular formula is C23H23N3O2. The van der Waals surface area contributed by atoms with Gasteiger partial charge in [-0.2, -0.15) is 0 Å². The Hall–Kier alpha value is -3.21. The monoisotopic (exact) mass is 373 g/mol. The molecule has 28 heavy (non-hydrogen) atoms. The van der Waals surface area contributed by atoms with Gasteiger partial charge >= 0.3 is 0 Å². The molecule has 0 aliphatic heterocycles. The van der Waals surface area contributed by atoms with Crippen LogP contribution in [0.4, 0.5) is 0 Å². The maximum atomic E-state index is 13.3. The fraction of sp³-hybridized carbons (Fsp3) is 0.261. The molecule has 2 aromatic heterocycles. The van der Waals surface area contributed by atoms with Crippen molar-refractivity contribution in [2.24, 2.45) is 0 Å². The van der Waals surface area contributed by atoms with E-state index >= 15 is 0 Å². The highest BCUT2D eigenvalue weighted by Gasteiger charge is 2.37. The minimum atomic E-state index is -0.0684.